The van der Waals surface area contributed by atoms with Crippen LogP contribution in [0.25, 0.3) is 22.3 Å². The number of carboxylic acids is 2. The van der Waals surface area contributed by atoms with Gasteiger partial charge in [-0.3, -0.25) is 4.79 Å². The molecule has 2 aliphatic rings. The highest BCUT2D eigenvalue weighted by Gasteiger charge is 2.32. The Balaban J connectivity index is 0.000000247. The van der Waals surface area contributed by atoms with E-state index in [4.69, 9.17) is 30.1 Å². The molecule has 0 saturated carbocycles. The van der Waals surface area contributed by atoms with Crippen LogP contribution >= 0.6 is 23.5 Å². The number of hydrogen-bond donors (Lipinski definition) is 5. The summed E-state index contributed by atoms with van der Waals surface area (Å²) in [6.45, 7) is 5.10. The van der Waals surface area contributed by atoms with Gasteiger partial charge in [-0.05, 0) is 50.1 Å². The molecule has 76 heavy (non-hydrogen) atoms. The molecule has 0 radical (unpaired) electrons. The average Bonchev–Trinajstić information content (AvgIpc) is 3.95. The number of carbonyl (C=O) groups is 7. The number of benzene rings is 5. The summed E-state index contributed by atoms with van der Waals surface area (Å²) in [6, 6.07) is 37.4. The summed E-state index contributed by atoms with van der Waals surface area (Å²) in [5.74, 6) is -1.92. The number of aliphatic carboxylic acids is 2. The van der Waals surface area contributed by atoms with Crippen LogP contribution in [0.1, 0.15) is 46.6 Å². The quantitative estimate of drug-likeness (QED) is 0.0169. The Morgan fingerprint density at radius 3 is 1.38 bits per heavy atom. The number of rotatable bonds is 24. The molecule has 5 aromatic rings. The van der Waals surface area contributed by atoms with Crippen molar-refractivity contribution < 1.29 is 67.5 Å². The van der Waals surface area contributed by atoms with E-state index in [2.05, 4.69) is 28.4 Å². The topological polar surface area (TPSA) is 242 Å². The third-order valence-corrected chi connectivity index (χ3v) is 14.4. The maximum Gasteiger partial charge on any atom is 0.408 e. The highest BCUT2D eigenvalue weighted by atomic mass is 32.2. The molecule has 19 heteroatoms. The Bertz CT molecular complexity index is 2800. The lowest BCUT2D eigenvalue weighted by atomic mass is 9.98. The smallest absolute Gasteiger partial charge is 0.408 e. The Kier molecular flexibility index (Phi) is 21.8. The minimum atomic E-state index is -1.32. The van der Waals surface area contributed by atoms with E-state index < -0.39 is 60.2 Å². The third-order valence-electron chi connectivity index (χ3n) is 11.9. The number of nitrogens with one attached hydrogen (secondary N) is 3. The summed E-state index contributed by atoms with van der Waals surface area (Å²) in [6.07, 6.45) is 3.90. The second-order valence-corrected chi connectivity index (χ2v) is 19.3. The number of ether oxygens (including phenoxy) is 5. The molecule has 5 N–H and O–H groups in total. The number of terminal acetylenes is 1. The summed E-state index contributed by atoms with van der Waals surface area (Å²) in [5.41, 5.74) is 9.47. The lowest BCUT2D eigenvalue weighted by Gasteiger charge is -2.19. The van der Waals surface area contributed by atoms with Crippen LogP contribution in [0.2, 0.25) is 0 Å². The molecule has 4 atom stereocenters. The summed E-state index contributed by atoms with van der Waals surface area (Å²) in [4.78, 5) is 84.9. The van der Waals surface area contributed by atoms with E-state index in [-0.39, 0.29) is 68.1 Å². The minimum absolute atomic E-state index is 0.0270. The molecular formula is C57H57N3O14S2. The zero-order valence-corrected chi connectivity index (χ0v) is 43.1. The van der Waals surface area contributed by atoms with Gasteiger partial charge in [0.15, 0.2) is 6.61 Å². The fraction of sp³-hybridized carbons (Fsp3) is 0.281. The maximum absolute atomic E-state index is 12.5. The van der Waals surface area contributed by atoms with Gasteiger partial charge >= 0.3 is 42.2 Å². The number of amides is 3. The zero-order valence-electron chi connectivity index (χ0n) is 41.4. The molecule has 0 fully saturated rings. The number of alkyl carbamates (subject to hydrolysis) is 3. The van der Waals surface area contributed by atoms with Crippen molar-refractivity contribution in [1.82, 2.24) is 16.0 Å². The molecule has 0 bridgehead atoms. The second-order valence-electron chi connectivity index (χ2n) is 17.2. The molecule has 0 spiro atoms. The van der Waals surface area contributed by atoms with Crippen LogP contribution in [-0.2, 0) is 49.5 Å². The van der Waals surface area contributed by atoms with Crippen LogP contribution in [0.3, 0.4) is 0 Å². The van der Waals surface area contributed by atoms with Gasteiger partial charge in [0.25, 0.3) is 0 Å². The molecule has 3 amide bonds. The largest absolute Gasteiger partial charge is 0.480 e. The second kappa shape index (κ2) is 29.0. The standard InChI is InChI=1S/C29H29NO6S.C28H28N2O8S/c1-19(28(33)35-15-20-9-3-2-4-10-20)17-37-18-26(27(31)32)30-29(34)36-16-25-23-13-7-5-11-21(23)22-12-6-8-14-24(22)25;1-3-13-36-26(33)24(30-27(34)37-14-4-2)17-39-16-23(25(31)32)29-28(35)38-15-22-20-11-7-5-9-18(20)19-10-6-8-12-21(19)22/h2-14,19,25-26H,15-18H2,1H3,(H,30,34)(H,31,32);1,4-12,22-24H,2,13-17H2,(H,29,35)(H,30,34)(H,31,32). The van der Waals surface area contributed by atoms with Crippen molar-refractivity contribution in [2.24, 2.45) is 5.92 Å². The highest BCUT2D eigenvalue weighted by molar-refractivity contribution is 7.99. The van der Waals surface area contributed by atoms with Crippen molar-refractivity contribution in [3.63, 3.8) is 0 Å². The number of carbonyl (C=O) groups excluding carboxylic acids is 5. The first-order valence-electron chi connectivity index (χ1n) is 24.0. The fourth-order valence-corrected chi connectivity index (χ4v) is 10.4. The highest BCUT2D eigenvalue weighted by Crippen LogP contribution is 2.45. The molecular weight excluding hydrogens is 1010 g/mol. The normalized spacial score (nSPS) is 13.3. The van der Waals surface area contributed by atoms with Gasteiger partial charge in [-0.1, -0.05) is 153 Å². The van der Waals surface area contributed by atoms with Crippen molar-refractivity contribution in [3.8, 4) is 34.6 Å². The number of hydrogen-bond acceptors (Lipinski definition) is 14. The van der Waals surface area contributed by atoms with E-state index in [1.54, 1.807) is 6.92 Å². The molecule has 5 aromatic carbocycles. The lowest BCUT2D eigenvalue weighted by Crippen LogP contribution is -2.46. The first-order valence-corrected chi connectivity index (χ1v) is 26.3. The molecule has 0 aliphatic heterocycles. The summed E-state index contributed by atoms with van der Waals surface area (Å²) in [7, 11) is 0. The molecule has 2 aliphatic carbocycles. The van der Waals surface area contributed by atoms with Gasteiger partial charge in [0.1, 0.15) is 44.6 Å². The Morgan fingerprint density at radius 1 is 0.553 bits per heavy atom. The van der Waals surface area contributed by atoms with Crippen molar-refractivity contribution in [2.75, 3.05) is 49.4 Å². The number of thioether (sulfide) groups is 2. The maximum atomic E-state index is 12.5. The molecule has 4 unspecified atom stereocenters. The first-order chi connectivity index (χ1) is 36.8. The molecule has 17 nitrogen and oxygen atoms in total. The molecule has 7 rings (SSSR count). The average molecular weight is 1070 g/mol. The van der Waals surface area contributed by atoms with Crippen LogP contribution in [0.5, 0.6) is 0 Å². The van der Waals surface area contributed by atoms with Crippen LogP contribution in [0.4, 0.5) is 14.4 Å². The van der Waals surface area contributed by atoms with Crippen LogP contribution < -0.4 is 16.0 Å². The summed E-state index contributed by atoms with van der Waals surface area (Å²) in [5, 5.41) is 26.3. The summed E-state index contributed by atoms with van der Waals surface area (Å²) < 4.78 is 25.9. The Morgan fingerprint density at radius 2 is 0.947 bits per heavy atom. The van der Waals surface area contributed by atoms with E-state index in [0.717, 1.165) is 61.8 Å². The van der Waals surface area contributed by atoms with E-state index in [9.17, 15) is 43.8 Å². The van der Waals surface area contributed by atoms with E-state index >= 15 is 0 Å². The predicted octanol–water partition coefficient (Wildman–Crippen LogP) is 8.26. The van der Waals surface area contributed by atoms with Gasteiger partial charge < -0.3 is 49.8 Å². The van der Waals surface area contributed by atoms with E-state index in [0.29, 0.717) is 5.75 Å². The Labute approximate surface area is 448 Å². The fourth-order valence-electron chi connectivity index (χ4n) is 8.22. The van der Waals surface area contributed by atoms with Crippen molar-refractivity contribution in [3.05, 3.63) is 168 Å². The predicted molar refractivity (Wildman–Crippen MR) is 288 cm³/mol. The van der Waals surface area contributed by atoms with Crippen LogP contribution in [0.15, 0.2) is 140 Å². The van der Waals surface area contributed by atoms with Gasteiger partial charge in [0, 0.05) is 34.8 Å². The van der Waals surface area contributed by atoms with Crippen LogP contribution in [0, 0.1) is 18.3 Å². The third kappa shape index (κ3) is 16.1. The molecule has 0 saturated heterocycles. The van der Waals surface area contributed by atoms with Gasteiger partial charge in [0.05, 0.1) is 5.92 Å². The lowest BCUT2D eigenvalue weighted by molar-refractivity contribution is -0.148. The van der Waals surface area contributed by atoms with Crippen molar-refractivity contribution >= 4 is 65.7 Å². The van der Waals surface area contributed by atoms with Gasteiger partial charge in [-0.25, -0.2) is 28.8 Å². The van der Waals surface area contributed by atoms with E-state index in [1.807, 2.05) is 127 Å². The zero-order chi connectivity index (χ0) is 54.4. The monoisotopic (exact) mass is 1070 g/mol. The van der Waals surface area contributed by atoms with Gasteiger partial charge in [-0.15, -0.1) is 6.42 Å². The Hall–Kier alpha value is -8.21. The van der Waals surface area contributed by atoms with Crippen LogP contribution in [-0.4, -0.2) is 120 Å². The van der Waals surface area contributed by atoms with Crippen molar-refractivity contribution in [1.29, 1.82) is 0 Å². The van der Waals surface area contributed by atoms with Crippen molar-refractivity contribution in [2.45, 2.75) is 43.5 Å². The van der Waals surface area contributed by atoms with E-state index in [1.165, 1.54) is 17.8 Å². The SMILES string of the molecule is C#CCOC(=O)C(CSCC(NC(=O)OCC1c2ccccc2-c2ccccc21)C(=O)O)NC(=O)OCC=C.CC(CSCC(NC(=O)OCC1c2ccccc2-c2ccccc21)C(=O)O)C(=O)OCc1ccccc1. The summed E-state index contributed by atoms with van der Waals surface area (Å²) >= 11 is 2.26. The molecule has 396 valence electrons. The molecule has 0 heterocycles. The van der Waals surface area contributed by atoms with Gasteiger partial charge in [0.2, 0.25) is 0 Å². The van der Waals surface area contributed by atoms with Gasteiger partial charge in [-0.2, -0.15) is 23.5 Å². The number of esters is 2. The number of carboxylic acid groups (broad SMARTS) is 2. The first kappa shape index (κ1) is 57.1. The number of fused-ring (bicyclic) bond motifs is 6. The minimum Gasteiger partial charge on any atom is -0.480 e. The molecule has 0 aromatic heterocycles.